The predicted molar refractivity (Wildman–Crippen MR) is 94.8 cm³/mol. The van der Waals surface area contributed by atoms with Crippen molar-refractivity contribution < 1.29 is 27.1 Å². The zero-order valence-electron chi connectivity index (χ0n) is 14.5. The Morgan fingerprint density at radius 2 is 2.00 bits per heavy atom. The van der Waals surface area contributed by atoms with Gasteiger partial charge >= 0.3 is 0 Å². The Morgan fingerprint density at radius 3 is 2.62 bits per heavy atom. The molecular weight excluding hydrogens is 358 g/mol. The summed E-state index contributed by atoms with van der Waals surface area (Å²) in [5, 5.41) is 0. The molecule has 0 unspecified atom stereocenters. The first-order valence-corrected chi connectivity index (χ1v) is 10.1. The molecule has 2 aromatic rings. The monoisotopic (exact) mass is 379 g/mol. The molecule has 8 heteroatoms. The number of sulfone groups is 1. The van der Waals surface area contributed by atoms with Crippen LogP contribution in [0.3, 0.4) is 0 Å². The number of ether oxygens (including phenoxy) is 2. The maximum Gasteiger partial charge on any atom is 0.261 e. The van der Waals surface area contributed by atoms with E-state index in [4.69, 9.17) is 13.9 Å². The molecule has 7 nitrogen and oxygen atoms in total. The lowest BCUT2D eigenvalue weighted by Gasteiger charge is -2.27. The molecule has 1 fully saturated rings. The van der Waals surface area contributed by atoms with E-state index in [-0.39, 0.29) is 36.6 Å². The molecule has 3 rings (SSSR count). The van der Waals surface area contributed by atoms with Gasteiger partial charge in [0.15, 0.2) is 27.9 Å². The number of benzene rings is 1. The van der Waals surface area contributed by atoms with Gasteiger partial charge in [-0.3, -0.25) is 4.79 Å². The largest absolute Gasteiger partial charge is 0.493 e. The van der Waals surface area contributed by atoms with Crippen molar-refractivity contribution in [2.24, 2.45) is 0 Å². The molecule has 2 heterocycles. The number of amides is 1. The highest BCUT2D eigenvalue weighted by Gasteiger charge is 2.35. The summed E-state index contributed by atoms with van der Waals surface area (Å²) in [6.07, 6.45) is 1.94. The van der Waals surface area contributed by atoms with Gasteiger partial charge in [-0.2, -0.15) is 0 Å². The van der Waals surface area contributed by atoms with Crippen molar-refractivity contribution in [3.05, 3.63) is 48.4 Å². The van der Waals surface area contributed by atoms with Gasteiger partial charge in [0.05, 0.1) is 31.4 Å². The van der Waals surface area contributed by atoms with Crippen molar-refractivity contribution in [1.29, 1.82) is 0 Å². The van der Waals surface area contributed by atoms with Crippen LogP contribution in [0.2, 0.25) is 0 Å². The maximum absolute atomic E-state index is 12.8. The van der Waals surface area contributed by atoms with Crippen molar-refractivity contribution in [3.63, 3.8) is 0 Å². The first-order chi connectivity index (χ1) is 12.5. The molecule has 1 atom stereocenters. The van der Waals surface area contributed by atoms with Gasteiger partial charge in [-0.1, -0.05) is 12.1 Å². The number of carbonyl (C=O) groups is 1. The van der Waals surface area contributed by atoms with E-state index in [1.165, 1.54) is 18.3 Å². The van der Waals surface area contributed by atoms with Crippen LogP contribution in [0.25, 0.3) is 0 Å². The second kappa shape index (κ2) is 7.82. The number of nitrogens with zero attached hydrogens (tertiary/aromatic N) is 1. The molecule has 0 saturated carbocycles. The Hall–Kier alpha value is -2.48. The SMILES string of the molecule is COc1ccccc1OCC(=O)N(Cc1ccco1)[C@H]1CCS(=O)(=O)C1. The summed E-state index contributed by atoms with van der Waals surface area (Å²) in [5.41, 5.74) is 0. The van der Waals surface area contributed by atoms with Gasteiger partial charge in [0.2, 0.25) is 0 Å². The smallest absolute Gasteiger partial charge is 0.261 e. The molecule has 1 aliphatic rings. The molecule has 0 bridgehead atoms. The van der Waals surface area contributed by atoms with Gasteiger partial charge in [-0.25, -0.2) is 8.42 Å². The fourth-order valence-electron chi connectivity index (χ4n) is 2.97. The Morgan fingerprint density at radius 1 is 1.23 bits per heavy atom. The first-order valence-electron chi connectivity index (χ1n) is 8.26. The van der Waals surface area contributed by atoms with Crippen molar-refractivity contribution in [1.82, 2.24) is 4.90 Å². The van der Waals surface area contributed by atoms with Crippen molar-refractivity contribution in [2.75, 3.05) is 25.2 Å². The summed E-state index contributed by atoms with van der Waals surface area (Å²) in [6.45, 7) is -0.00106. The highest BCUT2D eigenvalue weighted by atomic mass is 32.2. The van der Waals surface area contributed by atoms with Crippen molar-refractivity contribution in [2.45, 2.75) is 19.0 Å². The number of rotatable bonds is 7. The Labute approximate surface area is 152 Å². The topological polar surface area (TPSA) is 86.1 Å². The molecule has 1 aromatic heterocycles. The number of furan rings is 1. The Balaban J connectivity index is 1.72. The van der Waals surface area contributed by atoms with E-state index >= 15 is 0 Å². The van der Waals surface area contributed by atoms with Crippen LogP contribution in [0.15, 0.2) is 47.1 Å². The van der Waals surface area contributed by atoms with Gasteiger partial charge in [-0.05, 0) is 30.7 Å². The Bertz CT molecular complexity index is 846. The van der Waals surface area contributed by atoms with Crippen LogP contribution in [0.4, 0.5) is 0 Å². The van der Waals surface area contributed by atoms with E-state index in [1.807, 2.05) is 0 Å². The molecule has 140 valence electrons. The van der Waals surface area contributed by atoms with E-state index in [2.05, 4.69) is 0 Å². The van der Waals surface area contributed by atoms with E-state index in [9.17, 15) is 13.2 Å². The van der Waals surface area contributed by atoms with Crippen molar-refractivity contribution >= 4 is 15.7 Å². The molecule has 26 heavy (non-hydrogen) atoms. The standard InChI is InChI=1S/C18H21NO6S/c1-23-16-6-2-3-7-17(16)25-12-18(20)19(11-15-5-4-9-24-15)14-8-10-26(21,22)13-14/h2-7,9,14H,8,10-13H2,1H3/t14-/m0/s1. The van der Waals surface area contributed by atoms with Crippen molar-refractivity contribution in [3.8, 4) is 11.5 Å². The van der Waals surface area contributed by atoms with Crippen LogP contribution in [-0.4, -0.2) is 50.5 Å². The van der Waals surface area contributed by atoms with E-state index in [0.29, 0.717) is 23.7 Å². The zero-order valence-corrected chi connectivity index (χ0v) is 15.3. The zero-order chi connectivity index (χ0) is 18.6. The quantitative estimate of drug-likeness (QED) is 0.730. The number of para-hydroxylation sites is 2. The van der Waals surface area contributed by atoms with Gasteiger partial charge in [0, 0.05) is 6.04 Å². The maximum atomic E-state index is 12.8. The lowest BCUT2D eigenvalue weighted by atomic mass is 10.2. The summed E-state index contributed by atoms with van der Waals surface area (Å²) in [7, 11) is -1.59. The lowest BCUT2D eigenvalue weighted by molar-refractivity contribution is -0.136. The summed E-state index contributed by atoms with van der Waals surface area (Å²) in [4.78, 5) is 14.3. The average Bonchev–Trinajstić information content (AvgIpc) is 3.26. The van der Waals surface area contributed by atoms with Crippen LogP contribution in [0, 0.1) is 0 Å². The minimum absolute atomic E-state index is 0.0336. The Kier molecular flexibility index (Phi) is 5.51. The molecule has 0 aliphatic carbocycles. The molecule has 1 saturated heterocycles. The van der Waals surface area contributed by atoms with E-state index in [0.717, 1.165) is 0 Å². The highest BCUT2D eigenvalue weighted by Crippen LogP contribution is 2.26. The van der Waals surface area contributed by atoms with Crippen LogP contribution in [0.5, 0.6) is 11.5 Å². The molecule has 1 aliphatic heterocycles. The fourth-order valence-corrected chi connectivity index (χ4v) is 4.70. The minimum Gasteiger partial charge on any atom is -0.493 e. The number of carbonyl (C=O) groups excluding carboxylic acids is 1. The summed E-state index contributed by atoms with van der Waals surface area (Å²) in [5.74, 6) is 1.34. The molecule has 0 spiro atoms. The minimum atomic E-state index is -3.12. The lowest BCUT2D eigenvalue weighted by Crippen LogP contribution is -2.43. The normalized spacial score (nSPS) is 18.4. The molecule has 0 radical (unpaired) electrons. The highest BCUT2D eigenvalue weighted by molar-refractivity contribution is 7.91. The van der Waals surface area contributed by atoms with E-state index in [1.54, 1.807) is 36.4 Å². The third-order valence-electron chi connectivity index (χ3n) is 4.30. The number of methoxy groups -OCH3 is 1. The second-order valence-corrected chi connectivity index (χ2v) is 8.33. The summed E-state index contributed by atoms with van der Waals surface area (Å²) in [6, 6.07) is 10.2. The summed E-state index contributed by atoms with van der Waals surface area (Å²) < 4.78 is 39.8. The van der Waals surface area contributed by atoms with E-state index < -0.39 is 9.84 Å². The predicted octanol–water partition coefficient (Wildman–Crippen LogP) is 1.88. The molecule has 1 aromatic carbocycles. The molecule has 0 N–H and O–H groups in total. The molecular formula is C18H21NO6S. The van der Waals surface area contributed by atoms with Crippen LogP contribution in [-0.2, 0) is 21.2 Å². The third-order valence-corrected chi connectivity index (χ3v) is 6.05. The van der Waals surface area contributed by atoms with Crippen LogP contribution < -0.4 is 9.47 Å². The number of hydrogen-bond donors (Lipinski definition) is 0. The van der Waals surface area contributed by atoms with Gasteiger partial charge < -0.3 is 18.8 Å². The third kappa shape index (κ3) is 4.37. The second-order valence-electron chi connectivity index (χ2n) is 6.10. The molecule has 1 amide bonds. The average molecular weight is 379 g/mol. The van der Waals surface area contributed by atoms with Gasteiger partial charge in [0.1, 0.15) is 5.76 Å². The fraction of sp³-hybridized carbons (Fsp3) is 0.389. The number of hydrogen-bond acceptors (Lipinski definition) is 6. The van der Waals surface area contributed by atoms with Crippen LogP contribution >= 0.6 is 0 Å². The first kappa shape index (κ1) is 18.3. The summed E-state index contributed by atoms with van der Waals surface area (Å²) >= 11 is 0. The van der Waals surface area contributed by atoms with Crippen LogP contribution in [0.1, 0.15) is 12.2 Å². The van der Waals surface area contributed by atoms with Gasteiger partial charge in [-0.15, -0.1) is 0 Å². The van der Waals surface area contributed by atoms with Gasteiger partial charge in [0.25, 0.3) is 5.91 Å².